The number of alkyl halides is 1. The largest absolute Gasteiger partial charge is 0.369 e. The average molecular weight is 434 g/mol. The molecule has 2 aromatic rings. The molecule has 0 aromatic heterocycles. The number of aryl methyl sites for hydroxylation is 3. The summed E-state index contributed by atoms with van der Waals surface area (Å²) in [5.74, 6) is 0. The van der Waals surface area contributed by atoms with E-state index in [2.05, 4.69) is 89.6 Å². The van der Waals surface area contributed by atoms with E-state index in [-0.39, 0.29) is 0 Å². The minimum atomic E-state index is 1.08. The molecule has 3 rings (SSSR count). The fourth-order valence-corrected chi connectivity index (χ4v) is 4.39. The first-order valence-corrected chi connectivity index (χ1v) is 10.3. The van der Waals surface area contributed by atoms with Crippen molar-refractivity contribution in [1.82, 2.24) is 4.90 Å². The van der Waals surface area contributed by atoms with Gasteiger partial charge in [-0.1, -0.05) is 52.9 Å². The highest BCUT2D eigenvalue weighted by molar-refractivity contribution is 14.1. The van der Waals surface area contributed by atoms with Gasteiger partial charge < -0.3 is 4.90 Å². The molecule has 0 aliphatic carbocycles. The lowest BCUT2D eigenvalue weighted by atomic mass is 10.0. The topological polar surface area (TPSA) is 6.48 Å². The highest BCUT2D eigenvalue weighted by atomic mass is 127. The molecule has 0 saturated carbocycles. The predicted octanol–water partition coefficient (Wildman–Crippen LogP) is 4.87. The van der Waals surface area contributed by atoms with Crippen LogP contribution in [0.2, 0.25) is 0 Å². The van der Waals surface area contributed by atoms with E-state index < -0.39 is 0 Å². The van der Waals surface area contributed by atoms with Crippen molar-refractivity contribution in [3.05, 3.63) is 64.2 Å². The summed E-state index contributed by atoms with van der Waals surface area (Å²) in [6.45, 7) is 12.3. The standard InChI is InChI=1S/C21H27IN2/c1-16-6-4-5-7-21(16)24-10-8-23(9-11-24)15-20-13-19(14-22)17(2)12-18(20)3/h4-7,12-13H,8-11,14-15H2,1-3H3. The number of anilines is 1. The molecule has 0 bridgehead atoms. The lowest BCUT2D eigenvalue weighted by molar-refractivity contribution is 0.249. The summed E-state index contributed by atoms with van der Waals surface area (Å²) in [7, 11) is 0. The van der Waals surface area contributed by atoms with Gasteiger partial charge in [0.15, 0.2) is 0 Å². The van der Waals surface area contributed by atoms with Crippen LogP contribution in [0.3, 0.4) is 0 Å². The van der Waals surface area contributed by atoms with Crippen molar-refractivity contribution < 1.29 is 0 Å². The maximum atomic E-state index is 2.60. The molecule has 0 N–H and O–H groups in total. The first-order valence-electron chi connectivity index (χ1n) is 8.76. The van der Waals surface area contributed by atoms with E-state index in [4.69, 9.17) is 0 Å². The minimum Gasteiger partial charge on any atom is -0.369 e. The third-order valence-electron chi connectivity index (χ3n) is 5.16. The van der Waals surface area contributed by atoms with Crippen LogP contribution in [0.15, 0.2) is 36.4 Å². The third-order valence-corrected chi connectivity index (χ3v) is 5.98. The number of hydrogen-bond donors (Lipinski definition) is 0. The SMILES string of the molecule is Cc1cc(C)c(CN2CCN(c3ccccc3C)CC2)cc1CI. The molecule has 1 aliphatic heterocycles. The van der Waals surface area contributed by atoms with Crippen LogP contribution in [-0.2, 0) is 11.0 Å². The molecule has 1 heterocycles. The minimum absolute atomic E-state index is 1.08. The zero-order chi connectivity index (χ0) is 17.1. The van der Waals surface area contributed by atoms with Gasteiger partial charge in [-0.15, -0.1) is 0 Å². The fourth-order valence-electron chi connectivity index (χ4n) is 3.57. The van der Waals surface area contributed by atoms with Crippen LogP contribution in [-0.4, -0.2) is 31.1 Å². The molecule has 0 unspecified atom stereocenters. The highest BCUT2D eigenvalue weighted by Gasteiger charge is 2.19. The quantitative estimate of drug-likeness (QED) is 0.501. The molecular weight excluding hydrogens is 407 g/mol. The van der Waals surface area contributed by atoms with Gasteiger partial charge in [0, 0.05) is 42.8 Å². The zero-order valence-corrected chi connectivity index (χ0v) is 17.1. The summed E-state index contributed by atoms with van der Waals surface area (Å²) in [5, 5.41) is 0. The highest BCUT2D eigenvalue weighted by Crippen LogP contribution is 2.23. The summed E-state index contributed by atoms with van der Waals surface area (Å²) in [5.41, 5.74) is 8.62. The van der Waals surface area contributed by atoms with Crippen molar-refractivity contribution in [1.29, 1.82) is 0 Å². The number of halogens is 1. The van der Waals surface area contributed by atoms with Crippen molar-refractivity contribution in [2.24, 2.45) is 0 Å². The molecule has 1 aliphatic rings. The Morgan fingerprint density at radius 2 is 1.50 bits per heavy atom. The van der Waals surface area contributed by atoms with Gasteiger partial charge in [0.1, 0.15) is 0 Å². The number of benzene rings is 2. The molecule has 1 saturated heterocycles. The smallest absolute Gasteiger partial charge is 0.0396 e. The Morgan fingerprint density at radius 3 is 2.17 bits per heavy atom. The summed E-state index contributed by atoms with van der Waals surface area (Å²) in [4.78, 5) is 5.13. The van der Waals surface area contributed by atoms with Gasteiger partial charge in [0.2, 0.25) is 0 Å². The zero-order valence-electron chi connectivity index (χ0n) is 15.0. The lowest BCUT2D eigenvalue weighted by Gasteiger charge is -2.37. The molecule has 128 valence electrons. The van der Waals surface area contributed by atoms with Gasteiger partial charge in [-0.3, -0.25) is 4.90 Å². The maximum absolute atomic E-state index is 2.60. The van der Waals surface area contributed by atoms with Crippen molar-refractivity contribution in [3.8, 4) is 0 Å². The summed E-state index contributed by atoms with van der Waals surface area (Å²) >= 11 is 2.47. The van der Waals surface area contributed by atoms with E-state index in [0.717, 1.165) is 37.2 Å². The molecule has 1 fully saturated rings. The van der Waals surface area contributed by atoms with Gasteiger partial charge in [-0.2, -0.15) is 0 Å². The Morgan fingerprint density at radius 1 is 0.833 bits per heavy atom. The molecule has 0 atom stereocenters. The van der Waals surface area contributed by atoms with Crippen LogP contribution in [0.4, 0.5) is 5.69 Å². The average Bonchev–Trinajstić information content (AvgIpc) is 2.58. The second kappa shape index (κ2) is 7.87. The number of rotatable bonds is 4. The summed E-state index contributed by atoms with van der Waals surface area (Å²) in [6.07, 6.45) is 0. The Labute approximate surface area is 160 Å². The van der Waals surface area contributed by atoms with E-state index in [1.54, 1.807) is 0 Å². The Bertz CT molecular complexity index is 703. The number of para-hydroxylation sites is 1. The van der Waals surface area contributed by atoms with Crippen molar-refractivity contribution in [3.63, 3.8) is 0 Å². The lowest BCUT2D eigenvalue weighted by Crippen LogP contribution is -2.46. The molecule has 0 amide bonds. The Kier molecular flexibility index (Phi) is 5.82. The van der Waals surface area contributed by atoms with Crippen LogP contribution in [0.1, 0.15) is 27.8 Å². The summed E-state index contributed by atoms with van der Waals surface area (Å²) < 4.78 is 1.10. The Balaban J connectivity index is 1.65. The third kappa shape index (κ3) is 3.94. The maximum Gasteiger partial charge on any atom is 0.0396 e. The van der Waals surface area contributed by atoms with Crippen LogP contribution in [0.25, 0.3) is 0 Å². The first-order chi connectivity index (χ1) is 11.6. The number of piperazine rings is 1. The molecule has 2 nitrogen and oxygen atoms in total. The van der Waals surface area contributed by atoms with E-state index in [0.29, 0.717) is 0 Å². The van der Waals surface area contributed by atoms with Gasteiger partial charge in [0.05, 0.1) is 0 Å². The van der Waals surface area contributed by atoms with Crippen molar-refractivity contribution in [2.45, 2.75) is 31.7 Å². The van der Waals surface area contributed by atoms with Crippen LogP contribution >= 0.6 is 22.6 Å². The van der Waals surface area contributed by atoms with Gasteiger partial charge >= 0.3 is 0 Å². The number of hydrogen-bond acceptors (Lipinski definition) is 2. The van der Waals surface area contributed by atoms with E-state index >= 15 is 0 Å². The van der Waals surface area contributed by atoms with Crippen LogP contribution < -0.4 is 4.90 Å². The first kappa shape index (κ1) is 17.7. The molecule has 2 aromatic carbocycles. The van der Waals surface area contributed by atoms with E-state index in [1.807, 2.05) is 0 Å². The molecule has 24 heavy (non-hydrogen) atoms. The van der Waals surface area contributed by atoms with Crippen LogP contribution in [0, 0.1) is 20.8 Å². The fraction of sp³-hybridized carbons (Fsp3) is 0.429. The molecule has 0 radical (unpaired) electrons. The summed E-state index contributed by atoms with van der Waals surface area (Å²) in [6, 6.07) is 13.5. The molecule has 0 spiro atoms. The second-order valence-corrected chi connectivity index (χ2v) is 7.65. The molecule has 3 heteroatoms. The Hall–Kier alpha value is -1.07. The van der Waals surface area contributed by atoms with E-state index in [1.165, 1.54) is 33.5 Å². The van der Waals surface area contributed by atoms with Gasteiger partial charge in [0.25, 0.3) is 0 Å². The van der Waals surface area contributed by atoms with E-state index in [9.17, 15) is 0 Å². The molecular formula is C21H27IN2. The normalized spacial score (nSPS) is 15.8. The predicted molar refractivity (Wildman–Crippen MR) is 112 cm³/mol. The van der Waals surface area contributed by atoms with Crippen LogP contribution in [0.5, 0.6) is 0 Å². The second-order valence-electron chi connectivity index (χ2n) is 6.89. The van der Waals surface area contributed by atoms with Crippen molar-refractivity contribution >= 4 is 28.3 Å². The van der Waals surface area contributed by atoms with Crippen molar-refractivity contribution in [2.75, 3.05) is 31.1 Å². The monoisotopic (exact) mass is 434 g/mol. The van der Waals surface area contributed by atoms with Gasteiger partial charge in [-0.05, 0) is 54.7 Å². The number of nitrogens with zero attached hydrogens (tertiary/aromatic N) is 2. The van der Waals surface area contributed by atoms with Gasteiger partial charge in [-0.25, -0.2) is 0 Å².